The van der Waals surface area contributed by atoms with E-state index in [1.807, 2.05) is 18.2 Å². The smallest absolute Gasteiger partial charge is 0.318 e. The van der Waals surface area contributed by atoms with Gasteiger partial charge in [-0.3, -0.25) is 0 Å². The Morgan fingerprint density at radius 2 is 1.81 bits per heavy atom. The van der Waals surface area contributed by atoms with Crippen LogP contribution in [0.15, 0.2) is 57.4 Å². The summed E-state index contributed by atoms with van der Waals surface area (Å²) in [4.78, 5) is 3.78. The van der Waals surface area contributed by atoms with Crippen LogP contribution >= 0.6 is 38.5 Å². The van der Waals surface area contributed by atoms with E-state index in [1.165, 1.54) is 5.57 Å². The fourth-order valence-corrected chi connectivity index (χ4v) is 6.67. The minimum atomic E-state index is -3.64. The zero-order chi connectivity index (χ0) is 19.2. The van der Waals surface area contributed by atoms with E-state index in [4.69, 9.17) is 0 Å². The molecule has 2 aliphatic carbocycles. The molecule has 0 heterocycles. The number of halogens is 2. The first kappa shape index (κ1) is 19.1. The molecule has 2 aromatic carbocycles. The molecular formula is C20H16BrIN2O2S. The third-order valence-corrected chi connectivity index (χ3v) is 8.91. The summed E-state index contributed by atoms with van der Waals surface area (Å²) in [7, 11) is -3.64. The molecule has 0 amide bonds. The Bertz CT molecular complexity index is 1120. The highest BCUT2D eigenvalue weighted by atomic mass is 127. The fourth-order valence-electron chi connectivity index (χ4n) is 4.02. The summed E-state index contributed by atoms with van der Waals surface area (Å²) in [5, 5.41) is -0.841. The van der Waals surface area contributed by atoms with Gasteiger partial charge in [-0.25, -0.2) is 8.42 Å². The van der Waals surface area contributed by atoms with Gasteiger partial charge in [-0.15, -0.1) is 0 Å². The quantitative estimate of drug-likeness (QED) is 0.296. The van der Waals surface area contributed by atoms with Crippen molar-refractivity contribution in [2.24, 2.45) is 0 Å². The van der Waals surface area contributed by atoms with Crippen molar-refractivity contribution < 1.29 is 13.2 Å². The van der Waals surface area contributed by atoms with Gasteiger partial charge in [-0.2, -0.15) is 4.79 Å². The molecule has 0 bridgehead atoms. The van der Waals surface area contributed by atoms with Gasteiger partial charge < -0.3 is 5.53 Å². The molecule has 0 saturated carbocycles. The van der Waals surface area contributed by atoms with Crippen LogP contribution in [-0.4, -0.2) is 24.2 Å². The number of allylic oxidation sites excluding steroid dienone is 2. The Morgan fingerprint density at radius 3 is 2.52 bits per heavy atom. The van der Waals surface area contributed by atoms with Crippen molar-refractivity contribution in [1.82, 2.24) is 0 Å². The van der Waals surface area contributed by atoms with Crippen LogP contribution in [0.1, 0.15) is 30.4 Å². The molecule has 0 N–H and O–H groups in total. The van der Waals surface area contributed by atoms with Gasteiger partial charge in [0.05, 0.1) is 10.5 Å². The summed E-state index contributed by atoms with van der Waals surface area (Å²) in [6.07, 6.45) is 2.91. The highest BCUT2D eigenvalue weighted by Crippen LogP contribution is 2.42. The number of fused-ring (bicyclic) bond motifs is 2. The van der Waals surface area contributed by atoms with Gasteiger partial charge >= 0.3 is 5.71 Å². The molecule has 0 aliphatic heterocycles. The molecule has 7 heteroatoms. The van der Waals surface area contributed by atoms with Crippen LogP contribution in [0.5, 0.6) is 0 Å². The number of benzene rings is 2. The van der Waals surface area contributed by atoms with Crippen molar-refractivity contribution >= 4 is 59.6 Å². The number of rotatable bonds is 2. The second-order valence-corrected chi connectivity index (χ2v) is 11.0. The third-order valence-electron chi connectivity index (χ3n) is 5.31. The molecule has 0 spiro atoms. The minimum Gasteiger partial charge on any atom is -0.361 e. The molecule has 0 aromatic heterocycles. The zero-order valence-corrected chi connectivity index (χ0v) is 18.9. The highest BCUT2D eigenvalue weighted by Gasteiger charge is 2.45. The Hall–Kier alpha value is -1.28. The van der Waals surface area contributed by atoms with Gasteiger partial charge in [0.2, 0.25) is 0 Å². The molecule has 0 saturated heterocycles. The minimum absolute atomic E-state index is 0.267. The molecule has 2 aliphatic rings. The van der Waals surface area contributed by atoms with Crippen molar-refractivity contribution in [3.8, 4) is 0 Å². The van der Waals surface area contributed by atoms with Crippen LogP contribution in [0.2, 0.25) is 0 Å². The first-order valence-corrected chi connectivity index (χ1v) is 12.1. The summed E-state index contributed by atoms with van der Waals surface area (Å²) < 4.78 is 28.6. The monoisotopic (exact) mass is 554 g/mol. The summed E-state index contributed by atoms with van der Waals surface area (Å²) in [6.45, 7) is 0. The predicted octanol–water partition coefficient (Wildman–Crippen LogP) is 5.06. The largest absolute Gasteiger partial charge is 0.361 e. The average molecular weight is 555 g/mol. The Balaban J connectivity index is 1.85. The van der Waals surface area contributed by atoms with Gasteiger partial charge in [-0.05, 0) is 89.7 Å². The lowest BCUT2D eigenvalue weighted by molar-refractivity contribution is -0.00557. The summed E-state index contributed by atoms with van der Waals surface area (Å²) in [5.41, 5.74) is 14.2. The molecule has 0 fully saturated rings. The lowest BCUT2D eigenvalue weighted by atomic mass is 9.77. The molecule has 1 unspecified atom stereocenters. The number of hydrogen-bond acceptors (Lipinski definition) is 2. The number of nitrogens with zero attached hydrogens (tertiary/aromatic N) is 2. The summed E-state index contributed by atoms with van der Waals surface area (Å²) >= 11 is 5.74. The maximum absolute atomic E-state index is 13.3. The van der Waals surface area contributed by atoms with E-state index >= 15 is 0 Å². The van der Waals surface area contributed by atoms with E-state index < -0.39 is 15.1 Å². The first-order chi connectivity index (χ1) is 12.9. The van der Waals surface area contributed by atoms with E-state index in [9.17, 15) is 13.9 Å². The Morgan fingerprint density at radius 1 is 1.07 bits per heavy atom. The van der Waals surface area contributed by atoms with Gasteiger partial charge in [-0.1, -0.05) is 33.6 Å². The normalized spacial score (nSPS) is 19.3. The molecular weight excluding hydrogens is 539 g/mol. The molecule has 2 aromatic rings. The van der Waals surface area contributed by atoms with Gasteiger partial charge in [0.1, 0.15) is 0 Å². The molecule has 1 atom stereocenters. The van der Waals surface area contributed by atoms with Crippen molar-refractivity contribution in [3.63, 3.8) is 0 Å². The van der Waals surface area contributed by atoms with Crippen LogP contribution in [0.4, 0.5) is 0 Å². The highest BCUT2D eigenvalue weighted by molar-refractivity contribution is 14.1. The van der Waals surface area contributed by atoms with Crippen molar-refractivity contribution in [3.05, 3.63) is 72.7 Å². The number of hydrogen-bond donors (Lipinski definition) is 0. The van der Waals surface area contributed by atoms with E-state index in [0.717, 1.165) is 37.6 Å². The fraction of sp³-hybridized carbons (Fsp3) is 0.250. The molecule has 4 nitrogen and oxygen atoms in total. The lowest BCUT2D eigenvalue weighted by Crippen LogP contribution is -2.36. The van der Waals surface area contributed by atoms with E-state index in [-0.39, 0.29) is 10.6 Å². The topological polar surface area (TPSA) is 70.5 Å². The van der Waals surface area contributed by atoms with Crippen LogP contribution < -0.4 is 0 Å². The van der Waals surface area contributed by atoms with Crippen molar-refractivity contribution in [1.29, 1.82) is 0 Å². The van der Waals surface area contributed by atoms with E-state index in [1.54, 1.807) is 24.3 Å². The maximum atomic E-state index is 13.3. The second kappa shape index (κ2) is 7.28. The van der Waals surface area contributed by atoms with Crippen molar-refractivity contribution in [2.75, 3.05) is 0 Å². The Kier molecular flexibility index (Phi) is 5.14. The lowest BCUT2D eigenvalue weighted by Gasteiger charge is -2.28. The van der Waals surface area contributed by atoms with E-state index in [0.29, 0.717) is 12.8 Å². The molecule has 138 valence electrons. The first-order valence-electron chi connectivity index (χ1n) is 8.65. The third kappa shape index (κ3) is 3.24. The Labute approximate surface area is 180 Å². The van der Waals surface area contributed by atoms with Crippen LogP contribution in [0.25, 0.3) is 11.1 Å². The van der Waals surface area contributed by atoms with Crippen LogP contribution in [-0.2, 0) is 16.3 Å². The van der Waals surface area contributed by atoms with E-state index in [2.05, 4.69) is 43.3 Å². The average Bonchev–Trinajstić information content (AvgIpc) is 2.67. The molecule has 0 radical (unpaired) electrons. The summed E-state index contributed by atoms with van der Waals surface area (Å²) in [5.74, 6) is 0. The predicted molar refractivity (Wildman–Crippen MR) is 117 cm³/mol. The standard InChI is InChI=1S/C20H16BrIN2O2S/c21-17-3-1-2-16-15(17)10-4-12-5-11-18(20(24-23)19(12)16)27(25,26)14-8-6-13(22)7-9-14/h1-3,6-9,18H,4-5,10-11H2. The molecule has 4 rings (SSSR count). The SMILES string of the molecule is [N-]=[N+]=C1C2=C(CCc3c(Br)cccc32)CCC1S(=O)(=O)c1ccc(I)cc1. The maximum Gasteiger partial charge on any atom is 0.318 e. The second-order valence-electron chi connectivity index (χ2n) is 6.76. The molecule has 27 heavy (non-hydrogen) atoms. The zero-order valence-electron chi connectivity index (χ0n) is 14.3. The van der Waals surface area contributed by atoms with Crippen LogP contribution in [0.3, 0.4) is 0 Å². The van der Waals surface area contributed by atoms with Gasteiger partial charge in [0.15, 0.2) is 15.1 Å². The number of sulfone groups is 1. The summed E-state index contributed by atoms with van der Waals surface area (Å²) in [6, 6.07) is 12.7. The van der Waals surface area contributed by atoms with Crippen LogP contribution in [0, 0.1) is 3.57 Å². The van der Waals surface area contributed by atoms with Crippen molar-refractivity contribution in [2.45, 2.75) is 35.8 Å². The van der Waals surface area contributed by atoms with Gasteiger partial charge in [0.25, 0.3) is 0 Å². The van der Waals surface area contributed by atoms with Gasteiger partial charge in [0, 0.05) is 8.04 Å².